The van der Waals surface area contributed by atoms with Crippen molar-refractivity contribution >= 4 is 17.6 Å². The number of hydrogen-bond donors (Lipinski definition) is 1. The molecule has 1 aromatic rings. The third-order valence-corrected chi connectivity index (χ3v) is 3.54. The standard InChI is InChI=1S/C17H21NO4/c1-16(2,3)22-15(21)18-11-13(10-17(18,4)14(19)20)12-8-6-5-7-9-12/h5-10H,11H2,1-4H3,(H,19,20)/t17-/m0/s1. The number of rotatable bonds is 2. The number of carbonyl (C=O) groups excluding carboxylic acids is 1. The summed E-state index contributed by atoms with van der Waals surface area (Å²) in [5, 5.41) is 9.56. The van der Waals surface area contributed by atoms with E-state index in [2.05, 4.69) is 0 Å². The molecule has 5 heteroatoms. The van der Waals surface area contributed by atoms with Gasteiger partial charge < -0.3 is 9.84 Å². The molecular formula is C17H21NO4. The van der Waals surface area contributed by atoms with Crippen LogP contribution < -0.4 is 0 Å². The molecule has 0 saturated heterocycles. The van der Waals surface area contributed by atoms with Gasteiger partial charge in [0.1, 0.15) is 5.60 Å². The van der Waals surface area contributed by atoms with Gasteiger partial charge in [-0.1, -0.05) is 30.3 Å². The van der Waals surface area contributed by atoms with Crippen molar-refractivity contribution in [3.63, 3.8) is 0 Å². The molecule has 1 aromatic carbocycles. The summed E-state index contributed by atoms with van der Waals surface area (Å²) in [4.78, 5) is 25.3. The summed E-state index contributed by atoms with van der Waals surface area (Å²) in [5.74, 6) is -1.08. The second-order valence-corrected chi connectivity index (χ2v) is 6.55. The van der Waals surface area contributed by atoms with Gasteiger partial charge in [-0.15, -0.1) is 0 Å². The zero-order valence-corrected chi connectivity index (χ0v) is 13.3. The zero-order chi connectivity index (χ0) is 16.5. The summed E-state index contributed by atoms with van der Waals surface area (Å²) in [5.41, 5.74) is -0.378. The Morgan fingerprint density at radius 2 is 1.82 bits per heavy atom. The third-order valence-electron chi connectivity index (χ3n) is 3.54. The fourth-order valence-electron chi connectivity index (χ4n) is 2.37. The smallest absolute Gasteiger partial charge is 0.411 e. The first-order chi connectivity index (χ1) is 10.1. The van der Waals surface area contributed by atoms with Crippen LogP contribution in [-0.2, 0) is 9.53 Å². The van der Waals surface area contributed by atoms with Crippen LogP contribution in [0, 0.1) is 0 Å². The first kappa shape index (κ1) is 16.1. The molecule has 1 aliphatic rings. The van der Waals surface area contributed by atoms with Gasteiger partial charge >= 0.3 is 12.1 Å². The van der Waals surface area contributed by atoms with Crippen LogP contribution in [-0.4, -0.2) is 39.8 Å². The number of hydrogen-bond acceptors (Lipinski definition) is 3. The van der Waals surface area contributed by atoms with Gasteiger partial charge in [0.05, 0.1) is 6.54 Å². The number of carbonyl (C=O) groups is 2. The van der Waals surface area contributed by atoms with Crippen molar-refractivity contribution in [2.45, 2.75) is 38.8 Å². The van der Waals surface area contributed by atoms with E-state index in [1.54, 1.807) is 26.8 Å². The number of benzene rings is 1. The average molecular weight is 303 g/mol. The van der Waals surface area contributed by atoms with Crippen molar-refractivity contribution in [2.24, 2.45) is 0 Å². The van der Waals surface area contributed by atoms with Gasteiger partial charge in [0, 0.05) is 0 Å². The summed E-state index contributed by atoms with van der Waals surface area (Å²) in [6.07, 6.45) is 0.994. The predicted molar refractivity (Wildman–Crippen MR) is 83.4 cm³/mol. The van der Waals surface area contributed by atoms with E-state index in [9.17, 15) is 14.7 Å². The molecule has 0 aliphatic carbocycles. The first-order valence-corrected chi connectivity index (χ1v) is 7.15. The number of carboxylic acid groups (broad SMARTS) is 1. The van der Waals surface area contributed by atoms with E-state index in [1.165, 1.54) is 11.8 Å². The lowest BCUT2D eigenvalue weighted by atomic mass is 10.00. The van der Waals surface area contributed by atoms with Crippen molar-refractivity contribution in [3.05, 3.63) is 42.0 Å². The molecule has 0 radical (unpaired) electrons. The highest BCUT2D eigenvalue weighted by molar-refractivity contribution is 5.93. The average Bonchev–Trinajstić information content (AvgIpc) is 2.77. The van der Waals surface area contributed by atoms with Crippen molar-refractivity contribution < 1.29 is 19.4 Å². The molecule has 118 valence electrons. The Morgan fingerprint density at radius 1 is 1.23 bits per heavy atom. The van der Waals surface area contributed by atoms with Crippen LogP contribution in [0.4, 0.5) is 4.79 Å². The molecule has 1 atom stereocenters. The summed E-state index contributed by atoms with van der Waals surface area (Å²) >= 11 is 0. The van der Waals surface area contributed by atoms with Crippen molar-refractivity contribution in [1.29, 1.82) is 0 Å². The summed E-state index contributed by atoms with van der Waals surface area (Å²) < 4.78 is 5.34. The number of carboxylic acids is 1. The maximum absolute atomic E-state index is 12.4. The van der Waals surface area contributed by atoms with Crippen LogP contribution >= 0.6 is 0 Å². The second-order valence-electron chi connectivity index (χ2n) is 6.55. The maximum Gasteiger partial charge on any atom is 0.411 e. The number of nitrogens with zero attached hydrogens (tertiary/aromatic N) is 1. The van der Waals surface area contributed by atoms with Crippen LogP contribution in [0.1, 0.15) is 33.3 Å². The largest absolute Gasteiger partial charge is 0.479 e. The van der Waals surface area contributed by atoms with Crippen molar-refractivity contribution in [2.75, 3.05) is 6.54 Å². The van der Waals surface area contributed by atoms with Crippen LogP contribution in [0.3, 0.4) is 0 Å². The minimum absolute atomic E-state index is 0.210. The lowest BCUT2D eigenvalue weighted by molar-refractivity contribution is -0.146. The van der Waals surface area contributed by atoms with E-state index >= 15 is 0 Å². The molecule has 0 fully saturated rings. The Labute approximate surface area is 130 Å². The fraction of sp³-hybridized carbons (Fsp3) is 0.412. The molecule has 1 amide bonds. The summed E-state index contributed by atoms with van der Waals surface area (Å²) in [7, 11) is 0. The van der Waals surface area contributed by atoms with Gasteiger partial charge in [-0.2, -0.15) is 0 Å². The van der Waals surface area contributed by atoms with Crippen LogP contribution in [0.5, 0.6) is 0 Å². The quantitative estimate of drug-likeness (QED) is 0.911. The second kappa shape index (κ2) is 5.48. The van der Waals surface area contributed by atoms with Crippen molar-refractivity contribution in [3.8, 4) is 0 Å². The lowest BCUT2D eigenvalue weighted by Gasteiger charge is -2.32. The Kier molecular flexibility index (Phi) is 4.00. The van der Waals surface area contributed by atoms with Crippen LogP contribution in [0.25, 0.3) is 5.57 Å². The highest BCUT2D eigenvalue weighted by Gasteiger charge is 2.47. The minimum atomic E-state index is -1.41. The molecule has 1 N–H and O–H groups in total. The van der Waals surface area contributed by atoms with E-state index in [0.29, 0.717) is 0 Å². The Bertz CT molecular complexity index is 615. The van der Waals surface area contributed by atoms with E-state index in [0.717, 1.165) is 11.1 Å². The topological polar surface area (TPSA) is 66.8 Å². The Hall–Kier alpha value is -2.30. The molecule has 0 bridgehead atoms. The highest BCUT2D eigenvalue weighted by Crippen LogP contribution is 2.33. The van der Waals surface area contributed by atoms with Gasteiger partial charge in [-0.3, -0.25) is 4.90 Å². The van der Waals surface area contributed by atoms with Gasteiger partial charge in [0.15, 0.2) is 5.54 Å². The summed E-state index contributed by atoms with van der Waals surface area (Å²) in [6, 6.07) is 9.44. The molecule has 0 aromatic heterocycles. The van der Waals surface area contributed by atoms with Gasteiger partial charge in [0.2, 0.25) is 0 Å². The SMILES string of the molecule is CC(C)(C)OC(=O)N1CC(c2ccccc2)=C[C@@]1(C)C(=O)O. The molecule has 22 heavy (non-hydrogen) atoms. The molecular weight excluding hydrogens is 282 g/mol. The third kappa shape index (κ3) is 3.13. The summed E-state index contributed by atoms with van der Waals surface area (Å²) in [6.45, 7) is 6.98. The van der Waals surface area contributed by atoms with E-state index in [1.807, 2.05) is 30.3 Å². The van der Waals surface area contributed by atoms with Crippen molar-refractivity contribution in [1.82, 2.24) is 4.90 Å². The molecule has 5 nitrogen and oxygen atoms in total. The molecule has 0 unspecified atom stereocenters. The first-order valence-electron chi connectivity index (χ1n) is 7.15. The van der Waals surface area contributed by atoms with E-state index < -0.39 is 23.2 Å². The van der Waals surface area contributed by atoms with Gasteiger partial charge in [-0.25, -0.2) is 9.59 Å². The van der Waals surface area contributed by atoms with Crippen LogP contribution in [0.2, 0.25) is 0 Å². The normalized spacial score (nSPS) is 21.5. The molecule has 0 saturated carbocycles. The molecule has 2 rings (SSSR count). The Morgan fingerprint density at radius 3 is 2.32 bits per heavy atom. The molecule has 0 spiro atoms. The number of aliphatic carboxylic acids is 1. The molecule has 1 aliphatic heterocycles. The monoisotopic (exact) mass is 303 g/mol. The molecule has 1 heterocycles. The maximum atomic E-state index is 12.4. The fourth-order valence-corrected chi connectivity index (χ4v) is 2.37. The number of amides is 1. The lowest BCUT2D eigenvalue weighted by Crippen LogP contribution is -2.52. The zero-order valence-electron chi connectivity index (χ0n) is 13.3. The van der Waals surface area contributed by atoms with Gasteiger partial charge in [0.25, 0.3) is 0 Å². The number of ether oxygens (including phenoxy) is 1. The predicted octanol–water partition coefficient (Wildman–Crippen LogP) is 3.16. The van der Waals surface area contributed by atoms with Crippen LogP contribution in [0.15, 0.2) is 36.4 Å². The highest BCUT2D eigenvalue weighted by atomic mass is 16.6. The Balaban J connectivity index is 2.34. The van der Waals surface area contributed by atoms with E-state index in [-0.39, 0.29) is 6.54 Å². The van der Waals surface area contributed by atoms with E-state index in [4.69, 9.17) is 4.74 Å². The minimum Gasteiger partial charge on any atom is -0.479 e. The van der Waals surface area contributed by atoms with Gasteiger partial charge in [-0.05, 0) is 44.9 Å².